The first kappa shape index (κ1) is 15.6. The lowest BCUT2D eigenvalue weighted by atomic mass is 10.2. The number of benzene rings is 2. The Kier molecular flexibility index (Phi) is 5.06. The average molecular weight is 308 g/mol. The lowest BCUT2D eigenvalue weighted by Gasteiger charge is -2.08. The molecule has 0 radical (unpaired) electrons. The van der Waals surface area contributed by atoms with Crippen LogP contribution in [-0.2, 0) is 23.1 Å². The molecule has 0 unspecified atom stereocenters. The molecule has 0 heterocycles. The molecule has 0 aliphatic rings. The summed E-state index contributed by atoms with van der Waals surface area (Å²) in [4.78, 5) is 0.165. The van der Waals surface area contributed by atoms with E-state index in [0.717, 1.165) is 5.56 Å². The van der Waals surface area contributed by atoms with Gasteiger partial charge in [0.1, 0.15) is 5.82 Å². The van der Waals surface area contributed by atoms with Crippen LogP contribution in [0.25, 0.3) is 0 Å². The minimum absolute atomic E-state index is 0.0761. The molecule has 0 aliphatic heterocycles. The summed E-state index contributed by atoms with van der Waals surface area (Å²) < 4.78 is 40.1. The molecule has 0 saturated carbocycles. The van der Waals surface area contributed by atoms with Crippen molar-refractivity contribution in [2.24, 2.45) is 0 Å². The molecular formula is C15H17FN2O2S. The first-order valence-corrected chi connectivity index (χ1v) is 7.98. The fraction of sp³-hybridized carbons (Fsp3) is 0.200. The van der Waals surface area contributed by atoms with E-state index in [9.17, 15) is 12.8 Å². The van der Waals surface area contributed by atoms with Crippen LogP contribution in [0, 0.1) is 5.82 Å². The zero-order chi connectivity index (χ0) is 15.3. The Balaban J connectivity index is 2.09. The molecule has 0 saturated heterocycles. The van der Waals surface area contributed by atoms with E-state index >= 15 is 0 Å². The number of hydrogen-bond acceptors (Lipinski definition) is 3. The van der Waals surface area contributed by atoms with E-state index in [4.69, 9.17) is 0 Å². The van der Waals surface area contributed by atoms with Crippen molar-refractivity contribution in [3.63, 3.8) is 0 Å². The number of rotatable bonds is 6. The maximum absolute atomic E-state index is 13.5. The van der Waals surface area contributed by atoms with Crippen molar-refractivity contribution in [3.8, 4) is 0 Å². The third-order valence-electron chi connectivity index (χ3n) is 3.03. The van der Waals surface area contributed by atoms with E-state index < -0.39 is 15.8 Å². The SMILES string of the molecule is CNCc1ccc(S(=O)(=O)NCc2ccccc2F)cc1. The van der Waals surface area contributed by atoms with Crippen molar-refractivity contribution < 1.29 is 12.8 Å². The molecule has 21 heavy (non-hydrogen) atoms. The van der Waals surface area contributed by atoms with Crippen molar-refractivity contribution in [1.29, 1.82) is 0 Å². The largest absolute Gasteiger partial charge is 0.316 e. The summed E-state index contributed by atoms with van der Waals surface area (Å²) in [6.45, 7) is 0.594. The average Bonchev–Trinajstić information content (AvgIpc) is 2.47. The van der Waals surface area contributed by atoms with Crippen molar-refractivity contribution >= 4 is 10.0 Å². The van der Waals surface area contributed by atoms with Crippen LogP contribution in [0.4, 0.5) is 4.39 Å². The Morgan fingerprint density at radius 2 is 1.67 bits per heavy atom. The first-order valence-electron chi connectivity index (χ1n) is 6.49. The Morgan fingerprint density at radius 1 is 1.00 bits per heavy atom. The predicted molar refractivity (Wildman–Crippen MR) is 79.6 cm³/mol. The summed E-state index contributed by atoms with van der Waals surface area (Å²) >= 11 is 0. The molecule has 112 valence electrons. The molecule has 0 bridgehead atoms. The van der Waals surface area contributed by atoms with Gasteiger partial charge in [0, 0.05) is 18.7 Å². The highest BCUT2D eigenvalue weighted by Gasteiger charge is 2.14. The van der Waals surface area contributed by atoms with E-state index in [-0.39, 0.29) is 11.4 Å². The maximum Gasteiger partial charge on any atom is 0.240 e. The Morgan fingerprint density at radius 3 is 2.29 bits per heavy atom. The second-order valence-corrected chi connectivity index (χ2v) is 6.36. The van der Waals surface area contributed by atoms with Crippen LogP contribution >= 0.6 is 0 Å². The molecule has 2 aromatic rings. The van der Waals surface area contributed by atoms with Gasteiger partial charge in [-0.1, -0.05) is 30.3 Å². The van der Waals surface area contributed by atoms with Gasteiger partial charge < -0.3 is 5.32 Å². The molecule has 2 aromatic carbocycles. The summed E-state index contributed by atoms with van der Waals surface area (Å²) in [5.74, 6) is -0.426. The van der Waals surface area contributed by atoms with Crippen LogP contribution in [0.2, 0.25) is 0 Å². The highest BCUT2D eigenvalue weighted by molar-refractivity contribution is 7.89. The Hall–Kier alpha value is -1.76. The highest BCUT2D eigenvalue weighted by atomic mass is 32.2. The van der Waals surface area contributed by atoms with E-state index in [2.05, 4.69) is 10.0 Å². The molecule has 2 N–H and O–H groups in total. The van der Waals surface area contributed by atoms with Crippen molar-refractivity contribution in [2.75, 3.05) is 7.05 Å². The van der Waals surface area contributed by atoms with E-state index in [0.29, 0.717) is 12.1 Å². The molecule has 6 heteroatoms. The molecule has 0 fully saturated rings. The van der Waals surface area contributed by atoms with E-state index in [1.807, 2.05) is 7.05 Å². The molecule has 0 spiro atoms. The van der Waals surface area contributed by atoms with Gasteiger partial charge in [-0.2, -0.15) is 0 Å². The standard InChI is InChI=1S/C15H17FN2O2S/c1-17-10-12-6-8-14(9-7-12)21(19,20)18-11-13-4-2-3-5-15(13)16/h2-9,17-18H,10-11H2,1H3. The molecule has 2 rings (SSSR count). The Labute approximate surface area is 124 Å². The fourth-order valence-electron chi connectivity index (χ4n) is 1.89. The third-order valence-corrected chi connectivity index (χ3v) is 4.44. The lowest BCUT2D eigenvalue weighted by Crippen LogP contribution is -2.23. The number of hydrogen-bond donors (Lipinski definition) is 2. The topological polar surface area (TPSA) is 58.2 Å². The maximum atomic E-state index is 13.5. The molecule has 4 nitrogen and oxygen atoms in total. The van der Waals surface area contributed by atoms with Crippen molar-refractivity contribution in [2.45, 2.75) is 18.0 Å². The monoisotopic (exact) mass is 308 g/mol. The molecule has 0 aliphatic carbocycles. The van der Waals surface area contributed by atoms with Crippen LogP contribution in [0.3, 0.4) is 0 Å². The summed E-state index contributed by atoms with van der Waals surface area (Å²) in [6.07, 6.45) is 0. The highest BCUT2D eigenvalue weighted by Crippen LogP contribution is 2.12. The number of halogens is 1. The lowest BCUT2D eigenvalue weighted by molar-refractivity contribution is 0.574. The van der Waals surface area contributed by atoms with Crippen LogP contribution in [0.1, 0.15) is 11.1 Å². The Bertz CT molecular complexity index is 700. The quantitative estimate of drug-likeness (QED) is 0.858. The first-order chi connectivity index (χ1) is 10.0. The van der Waals surface area contributed by atoms with E-state index in [1.165, 1.54) is 18.2 Å². The summed E-state index contributed by atoms with van der Waals surface area (Å²) in [5.41, 5.74) is 1.30. The van der Waals surface area contributed by atoms with Gasteiger partial charge in [-0.25, -0.2) is 17.5 Å². The van der Waals surface area contributed by atoms with E-state index in [1.54, 1.807) is 30.3 Å². The summed E-state index contributed by atoms with van der Waals surface area (Å²) in [7, 11) is -1.82. The summed E-state index contributed by atoms with van der Waals surface area (Å²) in [5, 5.41) is 2.99. The van der Waals surface area contributed by atoms with Gasteiger partial charge in [0.15, 0.2) is 0 Å². The van der Waals surface area contributed by atoms with Gasteiger partial charge in [-0.05, 0) is 30.8 Å². The van der Waals surface area contributed by atoms with Crippen LogP contribution in [-0.4, -0.2) is 15.5 Å². The molecule has 0 aromatic heterocycles. The molecule has 0 amide bonds. The van der Waals surface area contributed by atoms with Crippen LogP contribution in [0.15, 0.2) is 53.4 Å². The normalized spacial score (nSPS) is 11.5. The second-order valence-electron chi connectivity index (χ2n) is 4.59. The van der Waals surface area contributed by atoms with Gasteiger partial charge in [-0.15, -0.1) is 0 Å². The van der Waals surface area contributed by atoms with Gasteiger partial charge >= 0.3 is 0 Å². The number of nitrogens with one attached hydrogen (secondary N) is 2. The molecular weight excluding hydrogens is 291 g/mol. The fourth-order valence-corrected chi connectivity index (χ4v) is 2.90. The second kappa shape index (κ2) is 6.80. The third kappa shape index (κ3) is 4.10. The zero-order valence-electron chi connectivity index (χ0n) is 11.6. The number of sulfonamides is 1. The van der Waals surface area contributed by atoms with Gasteiger partial charge in [-0.3, -0.25) is 0 Å². The smallest absolute Gasteiger partial charge is 0.240 e. The zero-order valence-corrected chi connectivity index (χ0v) is 12.5. The minimum Gasteiger partial charge on any atom is -0.316 e. The van der Waals surface area contributed by atoms with Crippen molar-refractivity contribution in [3.05, 3.63) is 65.5 Å². The van der Waals surface area contributed by atoms with Crippen molar-refractivity contribution in [1.82, 2.24) is 10.0 Å². The van der Waals surface area contributed by atoms with Crippen LogP contribution in [0.5, 0.6) is 0 Å². The minimum atomic E-state index is -3.64. The van der Waals surface area contributed by atoms with Crippen LogP contribution < -0.4 is 10.0 Å². The summed E-state index contributed by atoms with van der Waals surface area (Å²) in [6, 6.07) is 12.6. The predicted octanol–water partition coefficient (Wildman–Crippen LogP) is 2.02. The van der Waals surface area contributed by atoms with Gasteiger partial charge in [0.25, 0.3) is 0 Å². The van der Waals surface area contributed by atoms with Gasteiger partial charge in [0.05, 0.1) is 4.90 Å². The van der Waals surface area contributed by atoms with Gasteiger partial charge in [0.2, 0.25) is 10.0 Å². The molecule has 0 atom stereocenters.